The summed E-state index contributed by atoms with van der Waals surface area (Å²) in [4.78, 5) is 20.7. The van der Waals surface area contributed by atoms with E-state index in [-0.39, 0.29) is 5.56 Å². The smallest absolute Gasteiger partial charge is 0.336 e. The van der Waals surface area contributed by atoms with E-state index in [1.807, 2.05) is 31.5 Å². The molecule has 1 aliphatic carbocycles. The van der Waals surface area contributed by atoms with E-state index in [1.54, 1.807) is 6.07 Å². The highest BCUT2D eigenvalue weighted by atomic mass is 35.5. The molecule has 0 aliphatic heterocycles. The van der Waals surface area contributed by atoms with Crippen LogP contribution in [0.5, 0.6) is 0 Å². The number of carbonyl (C=O) groups is 1. The molecule has 1 N–H and O–H groups in total. The average molecular weight is 430 g/mol. The lowest BCUT2D eigenvalue weighted by Gasteiger charge is -2.42. The standard InChI is InChI=1S/C24H32ClN3O2/c1-5-28(23-14-19(25)13-22(16(23)2)24(29)30)21-10-8-20(9-11-21)27(4)17(3)18-7-6-12-26-15-18/h6-7,12-15,17,20-21H,5,8-11H2,1-4H3,(H,29,30)/t17?,20-,21-. The van der Waals surface area contributed by atoms with Gasteiger partial charge in [0.15, 0.2) is 0 Å². The van der Waals surface area contributed by atoms with Gasteiger partial charge in [-0.25, -0.2) is 4.79 Å². The van der Waals surface area contributed by atoms with Gasteiger partial charge in [0.25, 0.3) is 0 Å². The number of aromatic carboxylic acids is 1. The predicted molar refractivity (Wildman–Crippen MR) is 123 cm³/mol. The molecule has 1 heterocycles. The number of benzene rings is 1. The molecule has 2 aromatic rings. The van der Waals surface area contributed by atoms with Crippen molar-refractivity contribution in [3.63, 3.8) is 0 Å². The van der Waals surface area contributed by atoms with Gasteiger partial charge in [-0.1, -0.05) is 17.7 Å². The molecule has 0 amide bonds. The van der Waals surface area contributed by atoms with E-state index in [0.717, 1.165) is 43.5 Å². The van der Waals surface area contributed by atoms with Crippen LogP contribution in [0.15, 0.2) is 36.7 Å². The van der Waals surface area contributed by atoms with Crippen LogP contribution in [0.1, 0.15) is 67.1 Å². The van der Waals surface area contributed by atoms with Crippen molar-refractivity contribution < 1.29 is 9.90 Å². The second-order valence-electron chi connectivity index (χ2n) is 8.28. The molecule has 3 rings (SSSR count). The summed E-state index contributed by atoms with van der Waals surface area (Å²) in [5.74, 6) is -0.929. The van der Waals surface area contributed by atoms with E-state index in [9.17, 15) is 9.90 Å². The second-order valence-corrected chi connectivity index (χ2v) is 8.72. The largest absolute Gasteiger partial charge is 0.478 e. The van der Waals surface area contributed by atoms with Gasteiger partial charge >= 0.3 is 5.97 Å². The van der Waals surface area contributed by atoms with Crippen LogP contribution < -0.4 is 4.90 Å². The molecule has 1 atom stereocenters. The summed E-state index contributed by atoms with van der Waals surface area (Å²) in [6.07, 6.45) is 8.16. The Morgan fingerprint density at radius 3 is 2.50 bits per heavy atom. The van der Waals surface area contributed by atoms with E-state index < -0.39 is 5.97 Å². The van der Waals surface area contributed by atoms with Crippen molar-refractivity contribution in [1.29, 1.82) is 0 Å². The zero-order valence-electron chi connectivity index (χ0n) is 18.3. The van der Waals surface area contributed by atoms with Gasteiger partial charge in [0.1, 0.15) is 0 Å². The highest BCUT2D eigenvalue weighted by Gasteiger charge is 2.30. The van der Waals surface area contributed by atoms with Gasteiger partial charge in [0.2, 0.25) is 0 Å². The highest BCUT2D eigenvalue weighted by molar-refractivity contribution is 6.31. The summed E-state index contributed by atoms with van der Waals surface area (Å²) in [7, 11) is 2.21. The Bertz CT molecular complexity index is 866. The second kappa shape index (κ2) is 9.80. The zero-order chi connectivity index (χ0) is 21.8. The fourth-order valence-electron chi connectivity index (χ4n) is 4.76. The molecule has 6 heteroatoms. The lowest BCUT2D eigenvalue weighted by molar-refractivity contribution is 0.0696. The Morgan fingerprint density at radius 1 is 1.27 bits per heavy atom. The molecule has 0 spiro atoms. The molecule has 30 heavy (non-hydrogen) atoms. The first kappa shape index (κ1) is 22.6. The van der Waals surface area contributed by atoms with Crippen LogP contribution in [-0.4, -0.2) is 46.6 Å². The minimum absolute atomic E-state index is 0.287. The van der Waals surface area contributed by atoms with Gasteiger partial charge in [-0.3, -0.25) is 9.88 Å². The molecule has 1 fully saturated rings. The summed E-state index contributed by atoms with van der Waals surface area (Å²) in [6.45, 7) is 7.08. The van der Waals surface area contributed by atoms with Gasteiger partial charge in [-0.05, 0) is 82.8 Å². The molecule has 0 bridgehead atoms. The predicted octanol–water partition coefficient (Wildman–Crippen LogP) is 5.57. The fraction of sp³-hybridized carbons (Fsp3) is 0.500. The highest BCUT2D eigenvalue weighted by Crippen LogP contribution is 2.35. The summed E-state index contributed by atoms with van der Waals surface area (Å²) < 4.78 is 0. The van der Waals surface area contributed by atoms with E-state index in [2.05, 4.69) is 41.7 Å². The molecular weight excluding hydrogens is 398 g/mol. The van der Waals surface area contributed by atoms with Gasteiger partial charge in [0.05, 0.1) is 5.56 Å². The van der Waals surface area contributed by atoms with Crippen LogP contribution in [0, 0.1) is 6.92 Å². The van der Waals surface area contributed by atoms with Crippen LogP contribution in [-0.2, 0) is 0 Å². The van der Waals surface area contributed by atoms with E-state index in [0.29, 0.717) is 23.1 Å². The number of hydrogen-bond acceptors (Lipinski definition) is 4. The summed E-state index contributed by atoms with van der Waals surface area (Å²) in [5.41, 5.74) is 3.27. The minimum atomic E-state index is -0.929. The van der Waals surface area contributed by atoms with Crippen molar-refractivity contribution in [2.45, 2.75) is 64.6 Å². The van der Waals surface area contributed by atoms with Crippen molar-refractivity contribution in [1.82, 2.24) is 9.88 Å². The van der Waals surface area contributed by atoms with Crippen molar-refractivity contribution in [3.05, 3.63) is 58.4 Å². The molecule has 1 aromatic carbocycles. The first-order chi connectivity index (χ1) is 14.3. The first-order valence-corrected chi connectivity index (χ1v) is 11.1. The Labute approximate surface area is 184 Å². The Hall–Kier alpha value is -2.11. The fourth-order valence-corrected chi connectivity index (χ4v) is 4.97. The zero-order valence-corrected chi connectivity index (χ0v) is 19.1. The van der Waals surface area contributed by atoms with Crippen molar-refractivity contribution in [3.8, 4) is 0 Å². The Morgan fingerprint density at radius 2 is 1.93 bits per heavy atom. The molecule has 0 radical (unpaired) electrons. The quantitative estimate of drug-likeness (QED) is 0.623. The lowest BCUT2D eigenvalue weighted by Crippen LogP contribution is -2.44. The average Bonchev–Trinajstić information content (AvgIpc) is 2.76. The molecular formula is C24H32ClN3O2. The molecule has 1 aromatic heterocycles. The summed E-state index contributed by atoms with van der Waals surface area (Å²) in [6, 6.07) is 8.85. The number of anilines is 1. The van der Waals surface area contributed by atoms with Crippen LogP contribution in [0.2, 0.25) is 5.02 Å². The Kier molecular flexibility index (Phi) is 7.37. The van der Waals surface area contributed by atoms with Crippen molar-refractivity contribution in [2.24, 2.45) is 0 Å². The van der Waals surface area contributed by atoms with Gasteiger partial charge in [-0.15, -0.1) is 0 Å². The third-order valence-corrected chi connectivity index (χ3v) is 6.90. The summed E-state index contributed by atoms with van der Waals surface area (Å²) in [5, 5.41) is 10.0. The van der Waals surface area contributed by atoms with Gasteiger partial charge in [-0.2, -0.15) is 0 Å². The number of carboxylic acids is 1. The minimum Gasteiger partial charge on any atom is -0.478 e. The number of nitrogens with zero attached hydrogens (tertiary/aromatic N) is 3. The SMILES string of the molecule is CCN(c1cc(Cl)cc(C(=O)O)c1C)[C@H]1CC[C@H](N(C)C(C)c2cccnc2)CC1. The number of halogens is 1. The molecule has 5 nitrogen and oxygen atoms in total. The van der Waals surface area contributed by atoms with Gasteiger partial charge < -0.3 is 10.0 Å². The van der Waals surface area contributed by atoms with E-state index in [1.165, 1.54) is 5.56 Å². The third-order valence-electron chi connectivity index (χ3n) is 6.69. The maximum atomic E-state index is 11.6. The van der Waals surface area contributed by atoms with Crippen LogP contribution in [0.3, 0.4) is 0 Å². The maximum Gasteiger partial charge on any atom is 0.336 e. The monoisotopic (exact) mass is 429 g/mol. The van der Waals surface area contributed by atoms with Crippen LogP contribution >= 0.6 is 11.6 Å². The van der Waals surface area contributed by atoms with Crippen molar-refractivity contribution >= 4 is 23.3 Å². The molecule has 0 saturated heterocycles. The lowest BCUT2D eigenvalue weighted by atomic mass is 9.87. The maximum absolute atomic E-state index is 11.6. The molecule has 1 unspecified atom stereocenters. The summed E-state index contributed by atoms with van der Waals surface area (Å²) >= 11 is 6.26. The molecule has 1 aliphatic rings. The normalized spacial score (nSPS) is 20.2. The van der Waals surface area contributed by atoms with E-state index in [4.69, 9.17) is 11.6 Å². The molecule has 1 saturated carbocycles. The first-order valence-electron chi connectivity index (χ1n) is 10.7. The van der Waals surface area contributed by atoms with Gasteiger partial charge in [0, 0.05) is 47.8 Å². The number of carboxylic acid groups (broad SMARTS) is 1. The number of hydrogen-bond donors (Lipinski definition) is 1. The number of rotatable bonds is 7. The number of pyridine rings is 1. The molecule has 162 valence electrons. The van der Waals surface area contributed by atoms with Crippen LogP contribution in [0.4, 0.5) is 5.69 Å². The topological polar surface area (TPSA) is 56.7 Å². The third kappa shape index (κ3) is 4.79. The van der Waals surface area contributed by atoms with Crippen molar-refractivity contribution in [2.75, 3.05) is 18.5 Å². The van der Waals surface area contributed by atoms with E-state index >= 15 is 0 Å². The Balaban J connectivity index is 1.71. The van der Waals surface area contributed by atoms with Crippen LogP contribution in [0.25, 0.3) is 0 Å². The number of aromatic nitrogens is 1.